The number of aliphatic hydroxyl groups excluding tert-OH is 2. The van der Waals surface area contributed by atoms with Crippen molar-refractivity contribution in [1.29, 1.82) is 0 Å². The fourth-order valence-electron chi connectivity index (χ4n) is 2.58. The predicted octanol–water partition coefficient (Wildman–Crippen LogP) is 0.628. The molecule has 1 aliphatic rings. The van der Waals surface area contributed by atoms with Gasteiger partial charge in [-0.1, -0.05) is 25.1 Å². The second-order valence-corrected chi connectivity index (χ2v) is 7.37. The van der Waals surface area contributed by atoms with E-state index in [1.165, 1.54) is 0 Å². The average molecular weight is 299 g/mol. The SMILES string of the molecule is CCC(CO)(CO)NC1CCS(=O)(=O)c2ccccc21. The van der Waals surface area contributed by atoms with Gasteiger partial charge in [0, 0.05) is 6.04 Å². The van der Waals surface area contributed by atoms with E-state index in [1.54, 1.807) is 24.3 Å². The van der Waals surface area contributed by atoms with Crippen molar-refractivity contribution < 1.29 is 18.6 Å². The zero-order chi connectivity index (χ0) is 14.8. The van der Waals surface area contributed by atoms with Crippen LogP contribution in [0.25, 0.3) is 0 Å². The molecule has 1 aromatic carbocycles. The minimum Gasteiger partial charge on any atom is -0.394 e. The summed E-state index contributed by atoms with van der Waals surface area (Å²) in [4.78, 5) is 0.352. The molecule has 0 saturated carbocycles. The molecule has 0 saturated heterocycles. The summed E-state index contributed by atoms with van der Waals surface area (Å²) < 4.78 is 24.1. The Kier molecular flexibility index (Phi) is 4.49. The second kappa shape index (κ2) is 5.81. The van der Waals surface area contributed by atoms with Gasteiger partial charge in [-0.05, 0) is 24.5 Å². The van der Waals surface area contributed by atoms with Gasteiger partial charge in [-0.2, -0.15) is 0 Å². The van der Waals surface area contributed by atoms with Crippen LogP contribution in [0.4, 0.5) is 0 Å². The topological polar surface area (TPSA) is 86.6 Å². The molecule has 0 aromatic heterocycles. The van der Waals surface area contributed by atoms with Gasteiger partial charge in [0.25, 0.3) is 0 Å². The lowest BCUT2D eigenvalue weighted by Gasteiger charge is -2.37. The van der Waals surface area contributed by atoms with Crippen molar-refractivity contribution in [2.24, 2.45) is 0 Å². The molecule has 1 atom stereocenters. The molecule has 0 radical (unpaired) electrons. The van der Waals surface area contributed by atoms with Crippen LogP contribution in [0.1, 0.15) is 31.4 Å². The van der Waals surface area contributed by atoms with Crippen molar-refractivity contribution >= 4 is 9.84 Å². The van der Waals surface area contributed by atoms with Crippen molar-refractivity contribution in [3.8, 4) is 0 Å². The maximum atomic E-state index is 12.1. The highest BCUT2D eigenvalue weighted by Gasteiger charge is 2.35. The van der Waals surface area contributed by atoms with Gasteiger partial charge in [0.1, 0.15) is 0 Å². The number of aliphatic hydroxyl groups is 2. The van der Waals surface area contributed by atoms with Crippen molar-refractivity contribution in [2.45, 2.75) is 36.2 Å². The standard InChI is InChI=1S/C14H21NO4S/c1-2-14(9-16,10-17)15-12-7-8-20(18,19)13-6-4-3-5-11(12)13/h3-6,12,15-17H,2,7-10H2,1H3. The van der Waals surface area contributed by atoms with Gasteiger partial charge < -0.3 is 15.5 Å². The lowest BCUT2D eigenvalue weighted by molar-refractivity contribution is 0.0763. The number of nitrogens with one attached hydrogen (secondary N) is 1. The molecule has 1 heterocycles. The van der Waals surface area contributed by atoms with E-state index < -0.39 is 15.4 Å². The number of hydrogen-bond donors (Lipinski definition) is 3. The monoisotopic (exact) mass is 299 g/mol. The van der Waals surface area contributed by atoms with E-state index in [4.69, 9.17) is 0 Å². The molecule has 20 heavy (non-hydrogen) atoms. The molecule has 1 unspecified atom stereocenters. The maximum Gasteiger partial charge on any atom is 0.178 e. The van der Waals surface area contributed by atoms with Gasteiger partial charge in [0.05, 0.1) is 29.4 Å². The first-order chi connectivity index (χ1) is 9.48. The summed E-state index contributed by atoms with van der Waals surface area (Å²) >= 11 is 0. The number of fused-ring (bicyclic) bond motifs is 1. The minimum atomic E-state index is -3.22. The van der Waals surface area contributed by atoms with Crippen LogP contribution in [0, 0.1) is 0 Å². The molecular formula is C14H21NO4S. The highest BCUT2D eigenvalue weighted by atomic mass is 32.2. The van der Waals surface area contributed by atoms with Gasteiger partial charge in [-0.25, -0.2) is 8.42 Å². The number of benzene rings is 1. The van der Waals surface area contributed by atoms with Crippen LogP contribution in [-0.4, -0.2) is 43.1 Å². The summed E-state index contributed by atoms with van der Waals surface area (Å²) in [7, 11) is -3.22. The Morgan fingerprint density at radius 1 is 1.30 bits per heavy atom. The maximum absolute atomic E-state index is 12.1. The van der Waals surface area contributed by atoms with Crippen LogP contribution in [0.15, 0.2) is 29.2 Å². The summed E-state index contributed by atoms with van der Waals surface area (Å²) in [6.07, 6.45) is 1.01. The highest BCUT2D eigenvalue weighted by Crippen LogP contribution is 2.33. The van der Waals surface area contributed by atoms with Gasteiger partial charge in [0.2, 0.25) is 0 Å². The Hall–Kier alpha value is -0.950. The third-order valence-corrected chi connectivity index (χ3v) is 5.88. The Bertz CT molecular complexity index is 558. The highest BCUT2D eigenvalue weighted by molar-refractivity contribution is 7.91. The van der Waals surface area contributed by atoms with Crippen molar-refractivity contribution in [1.82, 2.24) is 5.32 Å². The average Bonchev–Trinajstić information content (AvgIpc) is 2.48. The quantitative estimate of drug-likeness (QED) is 0.742. The van der Waals surface area contributed by atoms with E-state index in [-0.39, 0.29) is 25.0 Å². The van der Waals surface area contributed by atoms with Crippen LogP contribution in [0.3, 0.4) is 0 Å². The molecule has 5 nitrogen and oxygen atoms in total. The van der Waals surface area contributed by atoms with Gasteiger partial charge in [0.15, 0.2) is 9.84 Å². The minimum absolute atomic E-state index is 0.0817. The number of sulfone groups is 1. The molecule has 0 amide bonds. The van der Waals surface area contributed by atoms with E-state index in [1.807, 2.05) is 6.92 Å². The summed E-state index contributed by atoms with van der Waals surface area (Å²) in [5.41, 5.74) is -0.0581. The Morgan fingerprint density at radius 2 is 1.95 bits per heavy atom. The fraction of sp³-hybridized carbons (Fsp3) is 0.571. The van der Waals surface area contributed by atoms with Gasteiger partial charge in [-0.15, -0.1) is 0 Å². The molecule has 112 valence electrons. The van der Waals surface area contributed by atoms with Crippen LogP contribution >= 0.6 is 0 Å². The van der Waals surface area contributed by atoms with E-state index >= 15 is 0 Å². The lowest BCUT2D eigenvalue weighted by atomic mass is 9.94. The van der Waals surface area contributed by atoms with Gasteiger partial charge >= 0.3 is 0 Å². The van der Waals surface area contributed by atoms with E-state index in [0.717, 1.165) is 5.56 Å². The normalized spacial score (nSPS) is 21.4. The van der Waals surface area contributed by atoms with E-state index in [9.17, 15) is 18.6 Å². The zero-order valence-electron chi connectivity index (χ0n) is 11.5. The van der Waals surface area contributed by atoms with Crippen LogP contribution < -0.4 is 5.32 Å². The molecule has 3 N–H and O–H groups in total. The Morgan fingerprint density at radius 3 is 2.55 bits per heavy atom. The third-order valence-electron chi connectivity index (χ3n) is 4.07. The van der Waals surface area contributed by atoms with Gasteiger partial charge in [-0.3, -0.25) is 0 Å². The largest absolute Gasteiger partial charge is 0.394 e. The molecule has 0 fully saturated rings. The number of rotatable bonds is 5. The molecule has 0 aliphatic carbocycles. The van der Waals surface area contributed by atoms with Crippen LogP contribution in [-0.2, 0) is 9.84 Å². The second-order valence-electron chi connectivity index (χ2n) is 5.29. The molecule has 6 heteroatoms. The number of hydrogen-bond acceptors (Lipinski definition) is 5. The molecule has 0 bridgehead atoms. The first-order valence-electron chi connectivity index (χ1n) is 6.79. The Labute approximate surface area is 119 Å². The lowest BCUT2D eigenvalue weighted by Crippen LogP contribution is -2.53. The summed E-state index contributed by atoms with van der Waals surface area (Å²) in [5, 5.41) is 22.3. The van der Waals surface area contributed by atoms with Crippen molar-refractivity contribution in [3.63, 3.8) is 0 Å². The van der Waals surface area contributed by atoms with E-state index in [2.05, 4.69) is 5.32 Å². The molecular weight excluding hydrogens is 278 g/mol. The molecule has 0 spiro atoms. The van der Waals surface area contributed by atoms with Crippen LogP contribution in [0.5, 0.6) is 0 Å². The summed E-state index contributed by atoms with van der Waals surface area (Å²) in [5.74, 6) is 0.0817. The van der Waals surface area contributed by atoms with E-state index in [0.29, 0.717) is 17.7 Å². The zero-order valence-corrected chi connectivity index (χ0v) is 12.4. The molecule has 1 aliphatic heterocycles. The first kappa shape index (κ1) is 15.4. The molecule has 2 rings (SSSR count). The first-order valence-corrected chi connectivity index (χ1v) is 8.44. The van der Waals surface area contributed by atoms with Crippen molar-refractivity contribution in [3.05, 3.63) is 29.8 Å². The molecule has 1 aromatic rings. The van der Waals surface area contributed by atoms with Crippen molar-refractivity contribution in [2.75, 3.05) is 19.0 Å². The fourth-order valence-corrected chi connectivity index (χ4v) is 4.20. The Balaban J connectivity index is 2.36. The smallest absolute Gasteiger partial charge is 0.178 e. The van der Waals surface area contributed by atoms with Crippen LogP contribution in [0.2, 0.25) is 0 Å². The summed E-state index contributed by atoms with van der Waals surface area (Å²) in [6.45, 7) is 1.50. The third kappa shape index (κ3) is 2.74. The predicted molar refractivity (Wildman–Crippen MR) is 76.2 cm³/mol. The summed E-state index contributed by atoms with van der Waals surface area (Å²) in [6, 6.07) is 6.75.